The second kappa shape index (κ2) is 10.4. The van der Waals surface area contributed by atoms with Gasteiger partial charge in [-0.2, -0.15) is 9.94 Å². The third-order valence-electron chi connectivity index (χ3n) is 6.98. The van der Waals surface area contributed by atoms with Gasteiger partial charge in [0, 0.05) is 35.4 Å². The van der Waals surface area contributed by atoms with Gasteiger partial charge in [-0.15, -0.1) is 10.2 Å². The number of aromatic amines is 1. The highest BCUT2D eigenvalue weighted by Gasteiger charge is 2.16. The fourth-order valence-electron chi connectivity index (χ4n) is 4.94. The second-order valence-corrected chi connectivity index (χ2v) is 9.61. The van der Waals surface area contributed by atoms with Crippen LogP contribution in [0.15, 0.2) is 79.1 Å². The van der Waals surface area contributed by atoms with E-state index in [4.69, 9.17) is 9.97 Å². The lowest BCUT2D eigenvalue weighted by molar-refractivity contribution is -0.605. The quantitative estimate of drug-likeness (QED) is 0.218. The van der Waals surface area contributed by atoms with Gasteiger partial charge in [0.1, 0.15) is 11.3 Å². The molecule has 0 radical (unpaired) electrons. The predicted octanol–water partition coefficient (Wildman–Crippen LogP) is 5.28. The van der Waals surface area contributed by atoms with Crippen LogP contribution in [0.1, 0.15) is 36.8 Å². The molecule has 0 fully saturated rings. The first-order chi connectivity index (χ1) is 19.1. The number of hydrogen-bond donors (Lipinski definition) is 1. The number of benzene rings is 2. The molecule has 4 aromatic heterocycles. The molecule has 0 aliphatic heterocycles. The van der Waals surface area contributed by atoms with Crippen LogP contribution >= 0.6 is 0 Å². The standard InChI is InChI=1S/C30H28N8O/c1-3-4-9-28-32-27-18-26(23-14-16-37(39)17-15-23)20(2)31-30(27)38(28)19-21-10-12-22(13-11-21)24-7-5-6-8-25(24)29-33-35-36-34-29/h5-8,10-18H,3-4,9,19H2,1-2H3,(H,33,34,35,36). The van der Waals surface area contributed by atoms with E-state index in [-0.39, 0.29) is 0 Å². The lowest BCUT2D eigenvalue weighted by Gasteiger charge is -2.12. The molecule has 4 heterocycles. The number of unbranched alkanes of at least 4 members (excludes halogenated alkanes) is 1. The van der Waals surface area contributed by atoms with Gasteiger partial charge in [0.15, 0.2) is 18.0 Å². The maximum absolute atomic E-state index is 11.5. The van der Waals surface area contributed by atoms with E-state index in [1.807, 2.05) is 37.3 Å². The van der Waals surface area contributed by atoms with Gasteiger partial charge in [-0.25, -0.2) is 9.97 Å². The molecule has 0 aliphatic rings. The number of pyridine rings is 2. The lowest BCUT2D eigenvalue weighted by Crippen LogP contribution is -2.23. The van der Waals surface area contributed by atoms with Crippen molar-refractivity contribution in [1.29, 1.82) is 0 Å². The number of imidazole rings is 1. The Labute approximate surface area is 225 Å². The van der Waals surface area contributed by atoms with Crippen molar-refractivity contribution in [1.82, 2.24) is 35.2 Å². The number of H-pyrrole nitrogens is 1. The molecule has 39 heavy (non-hydrogen) atoms. The first kappa shape index (κ1) is 24.4. The van der Waals surface area contributed by atoms with Crippen molar-refractivity contribution in [2.45, 2.75) is 39.7 Å². The zero-order valence-corrected chi connectivity index (χ0v) is 21.9. The van der Waals surface area contributed by atoms with Gasteiger partial charge in [0.25, 0.3) is 0 Å². The molecule has 2 aromatic carbocycles. The van der Waals surface area contributed by atoms with Crippen LogP contribution in [0.3, 0.4) is 0 Å². The number of tetrazole rings is 1. The molecule has 9 heteroatoms. The minimum Gasteiger partial charge on any atom is -0.619 e. The Morgan fingerprint density at radius 2 is 1.64 bits per heavy atom. The van der Waals surface area contributed by atoms with Crippen molar-refractivity contribution in [3.63, 3.8) is 0 Å². The highest BCUT2D eigenvalue weighted by molar-refractivity contribution is 5.81. The van der Waals surface area contributed by atoms with Crippen LogP contribution in [-0.2, 0) is 13.0 Å². The van der Waals surface area contributed by atoms with Crippen LogP contribution < -0.4 is 4.73 Å². The molecule has 0 spiro atoms. The van der Waals surface area contributed by atoms with E-state index in [9.17, 15) is 5.21 Å². The van der Waals surface area contributed by atoms with Gasteiger partial charge in [0.2, 0.25) is 5.82 Å². The Morgan fingerprint density at radius 3 is 2.36 bits per heavy atom. The molecule has 194 valence electrons. The van der Waals surface area contributed by atoms with Crippen molar-refractivity contribution in [2.24, 2.45) is 0 Å². The predicted molar refractivity (Wildman–Crippen MR) is 149 cm³/mol. The van der Waals surface area contributed by atoms with Crippen LogP contribution in [0.4, 0.5) is 0 Å². The van der Waals surface area contributed by atoms with Crippen LogP contribution in [-0.4, -0.2) is 35.2 Å². The van der Waals surface area contributed by atoms with Gasteiger partial charge >= 0.3 is 0 Å². The molecule has 0 saturated carbocycles. The minimum absolute atomic E-state index is 0.573. The Bertz CT molecular complexity index is 1720. The SMILES string of the molecule is CCCCc1nc2cc(-c3cc[n+]([O-])cc3)c(C)nc2n1Cc1ccc(-c2ccccc2-c2nn[nH]n2)cc1. The number of fused-ring (bicyclic) bond motifs is 1. The van der Waals surface area contributed by atoms with Gasteiger partial charge in [-0.05, 0) is 46.9 Å². The largest absolute Gasteiger partial charge is 0.619 e. The molecular weight excluding hydrogens is 488 g/mol. The zero-order valence-electron chi connectivity index (χ0n) is 21.9. The highest BCUT2D eigenvalue weighted by atomic mass is 16.5. The summed E-state index contributed by atoms with van der Waals surface area (Å²) in [5, 5.41) is 26.1. The molecule has 0 amide bonds. The molecule has 6 aromatic rings. The van der Waals surface area contributed by atoms with Crippen LogP contribution in [0.2, 0.25) is 0 Å². The first-order valence-electron chi connectivity index (χ1n) is 13.1. The lowest BCUT2D eigenvalue weighted by atomic mass is 9.98. The van der Waals surface area contributed by atoms with Gasteiger partial charge in [0.05, 0.1) is 6.54 Å². The van der Waals surface area contributed by atoms with E-state index < -0.39 is 0 Å². The smallest absolute Gasteiger partial charge is 0.205 e. The normalized spacial score (nSPS) is 11.3. The monoisotopic (exact) mass is 516 g/mol. The molecule has 0 bridgehead atoms. The Morgan fingerprint density at radius 1 is 0.897 bits per heavy atom. The fourth-order valence-corrected chi connectivity index (χ4v) is 4.94. The maximum atomic E-state index is 11.5. The number of aromatic nitrogens is 8. The summed E-state index contributed by atoms with van der Waals surface area (Å²) in [5.74, 6) is 1.61. The van der Waals surface area contributed by atoms with Crippen molar-refractivity contribution in [3.8, 4) is 33.6 Å². The van der Waals surface area contributed by atoms with E-state index in [0.717, 1.165) is 74.5 Å². The summed E-state index contributed by atoms with van der Waals surface area (Å²) in [5.41, 5.74) is 8.82. The topological polar surface area (TPSA) is 112 Å². The molecule has 0 aliphatic carbocycles. The summed E-state index contributed by atoms with van der Waals surface area (Å²) >= 11 is 0. The molecule has 0 unspecified atom stereocenters. The van der Waals surface area contributed by atoms with E-state index in [0.29, 0.717) is 12.4 Å². The fraction of sp³-hybridized carbons (Fsp3) is 0.200. The van der Waals surface area contributed by atoms with Crippen molar-refractivity contribution in [3.05, 3.63) is 101 Å². The van der Waals surface area contributed by atoms with Crippen LogP contribution in [0, 0.1) is 12.1 Å². The second-order valence-electron chi connectivity index (χ2n) is 9.61. The third-order valence-corrected chi connectivity index (χ3v) is 6.98. The maximum Gasteiger partial charge on any atom is 0.205 e. The number of nitrogens with zero attached hydrogens (tertiary/aromatic N) is 7. The van der Waals surface area contributed by atoms with Gasteiger partial charge < -0.3 is 9.77 Å². The Hall–Kier alpha value is -4.92. The summed E-state index contributed by atoms with van der Waals surface area (Å²) in [7, 11) is 0. The van der Waals surface area contributed by atoms with E-state index in [1.165, 1.54) is 18.0 Å². The molecule has 9 nitrogen and oxygen atoms in total. The average Bonchev–Trinajstić information content (AvgIpc) is 3.61. The summed E-state index contributed by atoms with van der Waals surface area (Å²) < 4.78 is 3.03. The molecule has 1 N–H and O–H groups in total. The van der Waals surface area contributed by atoms with Crippen molar-refractivity contribution >= 4 is 11.2 Å². The molecular formula is C30H28N8O. The average molecular weight is 517 g/mol. The number of nitrogens with one attached hydrogen (secondary N) is 1. The van der Waals surface area contributed by atoms with Crippen molar-refractivity contribution in [2.75, 3.05) is 0 Å². The summed E-state index contributed by atoms with van der Waals surface area (Å²) in [6.45, 7) is 4.87. The zero-order chi connectivity index (χ0) is 26.8. The highest BCUT2D eigenvalue weighted by Crippen LogP contribution is 2.31. The number of aryl methyl sites for hydroxylation is 2. The van der Waals surface area contributed by atoms with E-state index >= 15 is 0 Å². The van der Waals surface area contributed by atoms with Crippen molar-refractivity contribution < 1.29 is 4.73 Å². The third kappa shape index (κ3) is 4.86. The molecule has 0 atom stereocenters. The Kier molecular flexibility index (Phi) is 6.54. The van der Waals surface area contributed by atoms with Gasteiger partial charge in [-0.3, -0.25) is 0 Å². The van der Waals surface area contributed by atoms with E-state index in [1.54, 1.807) is 0 Å². The van der Waals surface area contributed by atoms with Crippen LogP contribution in [0.25, 0.3) is 44.8 Å². The molecule has 6 rings (SSSR count). The summed E-state index contributed by atoms with van der Waals surface area (Å²) in [6, 6.07) is 22.4. The number of rotatable bonds is 8. The first-order valence-corrected chi connectivity index (χ1v) is 13.1. The molecule has 0 saturated heterocycles. The minimum atomic E-state index is 0.573. The Balaban J connectivity index is 1.35. The van der Waals surface area contributed by atoms with Gasteiger partial charge in [-0.1, -0.05) is 61.9 Å². The van der Waals surface area contributed by atoms with Crippen LogP contribution in [0.5, 0.6) is 0 Å². The summed E-state index contributed by atoms with van der Waals surface area (Å²) in [6.07, 6.45) is 6.06. The number of hydrogen-bond acceptors (Lipinski definition) is 6. The van der Waals surface area contributed by atoms with E-state index in [2.05, 4.69) is 68.5 Å². The summed E-state index contributed by atoms with van der Waals surface area (Å²) in [4.78, 5) is 10.0.